The number of carbonyl (C=O) groups excluding carboxylic acids is 1. The molecule has 0 saturated carbocycles. The molecule has 0 spiro atoms. The van der Waals surface area contributed by atoms with Gasteiger partial charge < -0.3 is 5.32 Å². The van der Waals surface area contributed by atoms with Crippen molar-refractivity contribution < 1.29 is 4.79 Å². The Hall–Kier alpha value is -1.45. The minimum Gasteiger partial charge on any atom is -0.309 e. The number of Topliss-reactive ketones (excluding diaryl/α,β-unsaturated/α-hetero) is 1. The van der Waals surface area contributed by atoms with Gasteiger partial charge >= 0.3 is 0 Å². The highest BCUT2D eigenvalue weighted by Gasteiger charge is 2.14. The third kappa shape index (κ3) is 2.62. The maximum absolute atomic E-state index is 12.3. The lowest BCUT2D eigenvalue weighted by atomic mass is 10.0. The summed E-state index contributed by atoms with van der Waals surface area (Å²) in [6.45, 7) is 3.95. The number of ketones is 1. The van der Waals surface area contributed by atoms with Gasteiger partial charge in [0.15, 0.2) is 5.78 Å². The summed E-state index contributed by atoms with van der Waals surface area (Å²) in [6.07, 6.45) is 1.57. The van der Waals surface area contributed by atoms with Crippen molar-refractivity contribution in [2.75, 3.05) is 0 Å². The zero-order valence-electron chi connectivity index (χ0n) is 11.0. The molecular weight excluding hydrogens is 254 g/mol. The minimum atomic E-state index is 0.221. The number of aryl methyl sites for hydroxylation is 1. The summed E-state index contributed by atoms with van der Waals surface area (Å²) in [5.74, 6) is 0.221. The van der Waals surface area contributed by atoms with Gasteiger partial charge in [-0.3, -0.25) is 4.79 Å². The lowest BCUT2D eigenvalue weighted by molar-refractivity contribution is 0.0993. The first-order valence-corrected chi connectivity index (χ1v) is 7.51. The van der Waals surface area contributed by atoms with E-state index in [1.54, 1.807) is 11.3 Å². The average molecular weight is 271 g/mol. The number of hydrogen-bond acceptors (Lipinski definition) is 3. The normalized spacial score (nSPS) is 13.5. The molecule has 0 radical (unpaired) electrons. The predicted molar refractivity (Wildman–Crippen MR) is 78.7 cm³/mol. The second-order valence-electron chi connectivity index (χ2n) is 4.91. The van der Waals surface area contributed by atoms with Crippen molar-refractivity contribution in [3.8, 4) is 0 Å². The van der Waals surface area contributed by atoms with Crippen LogP contribution >= 0.6 is 11.3 Å². The van der Waals surface area contributed by atoms with Gasteiger partial charge in [0.05, 0.1) is 0 Å². The van der Waals surface area contributed by atoms with Crippen molar-refractivity contribution in [2.24, 2.45) is 0 Å². The Morgan fingerprint density at radius 3 is 2.74 bits per heavy atom. The maximum atomic E-state index is 12.3. The van der Waals surface area contributed by atoms with E-state index in [1.165, 1.54) is 20.9 Å². The number of thiophene rings is 1. The van der Waals surface area contributed by atoms with Crippen LogP contribution in [0.2, 0.25) is 0 Å². The monoisotopic (exact) mass is 271 g/mol. The molecule has 0 unspecified atom stereocenters. The Morgan fingerprint density at radius 1 is 1.16 bits per heavy atom. The topological polar surface area (TPSA) is 29.1 Å². The molecule has 1 aromatic heterocycles. The van der Waals surface area contributed by atoms with E-state index in [4.69, 9.17) is 0 Å². The van der Waals surface area contributed by atoms with Crippen LogP contribution in [0.1, 0.15) is 38.2 Å². The number of nitrogens with one attached hydrogen (secondary N) is 1. The third-order valence-electron chi connectivity index (χ3n) is 3.56. The van der Waals surface area contributed by atoms with E-state index in [1.807, 2.05) is 12.1 Å². The molecule has 0 aliphatic carbocycles. The minimum absolute atomic E-state index is 0.221. The molecule has 1 aliphatic heterocycles. The molecule has 0 bridgehead atoms. The highest BCUT2D eigenvalue weighted by atomic mass is 32.1. The highest BCUT2D eigenvalue weighted by Crippen LogP contribution is 2.21. The molecule has 3 rings (SSSR count). The fourth-order valence-electron chi connectivity index (χ4n) is 2.44. The van der Waals surface area contributed by atoms with Crippen LogP contribution < -0.4 is 5.32 Å². The van der Waals surface area contributed by atoms with Crippen LogP contribution in [-0.4, -0.2) is 5.78 Å². The number of carbonyl (C=O) groups is 1. The molecule has 0 saturated heterocycles. The van der Waals surface area contributed by atoms with E-state index in [-0.39, 0.29) is 5.78 Å². The second-order valence-corrected chi connectivity index (χ2v) is 6.16. The maximum Gasteiger partial charge on any atom is 0.168 e. The van der Waals surface area contributed by atoms with Gasteiger partial charge in [0.1, 0.15) is 0 Å². The standard InChI is InChI=1S/C16H17NOS/c1-2-14-5-6-15(19-14)8-16(18)11-3-4-12-9-17-10-13(12)7-11/h3-7,17H,2,8-10H2,1H3. The predicted octanol–water partition coefficient (Wildman–Crippen LogP) is 3.34. The van der Waals surface area contributed by atoms with Gasteiger partial charge in [-0.2, -0.15) is 0 Å². The van der Waals surface area contributed by atoms with Gasteiger partial charge in [-0.05, 0) is 35.7 Å². The Kier molecular flexibility index (Phi) is 3.49. The Balaban J connectivity index is 1.76. The summed E-state index contributed by atoms with van der Waals surface area (Å²) in [5, 5.41) is 3.31. The molecule has 2 nitrogen and oxygen atoms in total. The molecule has 19 heavy (non-hydrogen) atoms. The van der Waals surface area contributed by atoms with Gasteiger partial charge in [0.2, 0.25) is 0 Å². The van der Waals surface area contributed by atoms with Gasteiger partial charge in [-0.25, -0.2) is 0 Å². The van der Waals surface area contributed by atoms with E-state index in [0.717, 1.165) is 25.1 Å². The van der Waals surface area contributed by atoms with Crippen LogP contribution in [0.4, 0.5) is 0 Å². The fourth-order valence-corrected chi connectivity index (χ4v) is 3.39. The molecule has 0 atom stereocenters. The summed E-state index contributed by atoms with van der Waals surface area (Å²) in [5.41, 5.74) is 3.43. The van der Waals surface area contributed by atoms with Crippen molar-refractivity contribution in [3.05, 3.63) is 56.8 Å². The van der Waals surface area contributed by atoms with Crippen molar-refractivity contribution >= 4 is 17.1 Å². The Bertz CT molecular complexity index is 615. The molecule has 0 fully saturated rings. The van der Waals surface area contributed by atoms with E-state index in [9.17, 15) is 4.79 Å². The first kappa shape index (κ1) is 12.6. The smallest absolute Gasteiger partial charge is 0.168 e. The van der Waals surface area contributed by atoms with Crippen LogP contribution in [0.15, 0.2) is 30.3 Å². The highest BCUT2D eigenvalue weighted by molar-refractivity contribution is 7.12. The molecule has 2 heterocycles. The SMILES string of the molecule is CCc1ccc(CC(=O)c2ccc3c(c2)CNC3)s1. The first-order chi connectivity index (χ1) is 9.26. The van der Waals surface area contributed by atoms with Crippen molar-refractivity contribution in [1.29, 1.82) is 0 Å². The number of fused-ring (bicyclic) bond motifs is 1. The quantitative estimate of drug-likeness (QED) is 0.864. The van der Waals surface area contributed by atoms with E-state index in [2.05, 4.69) is 30.4 Å². The van der Waals surface area contributed by atoms with Crippen LogP contribution in [0, 0.1) is 0 Å². The van der Waals surface area contributed by atoms with Crippen molar-refractivity contribution in [2.45, 2.75) is 32.9 Å². The van der Waals surface area contributed by atoms with E-state index in [0.29, 0.717) is 6.42 Å². The second kappa shape index (κ2) is 5.27. The molecular formula is C16H17NOS. The first-order valence-electron chi connectivity index (χ1n) is 6.69. The van der Waals surface area contributed by atoms with E-state index < -0.39 is 0 Å². The molecule has 1 N–H and O–H groups in total. The molecule has 2 aromatic rings. The van der Waals surface area contributed by atoms with Crippen molar-refractivity contribution in [1.82, 2.24) is 5.32 Å². The number of benzene rings is 1. The number of rotatable bonds is 4. The largest absolute Gasteiger partial charge is 0.309 e. The van der Waals surface area contributed by atoms with Gasteiger partial charge in [0.25, 0.3) is 0 Å². The Morgan fingerprint density at radius 2 is 1.95 bits per heavy atom. The van der Waals surface area contributed by atoms with Crippen LogP contribution in [0.3, 0.4) is 0 Å². The lowest BCUT2D eigenvalue weighted by Gasteiger charge is -2.03. The van der Waals surface area contributed by atoms with Crippen LogP contribution in [-0.2, 0) is 25.9 Å². The summed E-state index contributed by atoms with van der Waals surface area (Å²) in [7, 11) is 0. The van der Waals surface area contributed by atoms with Crippen LogP contribution in [0.5, 0.6) is 0 Å². The zero-order valence-corrected chi connectivity index (χ0v) is 11.8. The molecule has 1 aliphatic rings. The van der Waals surface area contributed by atoms with Gasteiger partial charge in [-0.1, -0.05) is 19.1 Å². The number of hydrogen-bond donors (Lipinski definition) is 1. The van der Waals surface area contributed by atoms with Gasteiger partial charge in [-0.15, -0.1) is 11.3 Å². The summed E-state index contributed by atoms with van der Waals surface area (Å²) < 4.78 is 0. The molecule has 0 amide bonds. The summed E-state index contributed by atoms with van der Waals surface area (Å²) >= 11 is 1.75. The van der Waals surface area contributed by atoms with Crippen molar-refractivity contribution in [3.63, 3.8) is 0 Å². The third-order valence-corrected chi connectivity index (χ3v) is 4.79. The Labute approximate surface area is 117 Å². The van der Waals surface area contributed by atoms with E-state index >= 15 is 0 Å². The molecule has 98 valence electrons. The fraction of sp³-hybridized carbons (Fsp3) is 0.312. The summed E-state index contributed by atoms with van der Waals surface area (Å²) in [6, 6.07) is 10.3. The lowest BCUT2D eigenvalue weighted by Crippen LogP contribution is -2.03. The summed E-state index contributed by atoms with van der Waals surface area (Å²) in [4.78, 5) is 14.8. The zero-order chi connectivity index (χ0) is 13.2. The molecule has 3 heteroatoms. The average Bonchev–Trinajstić information content (AvgIpc) is 3.05. The molecule has 1 aromatic carbocycles. The van der Waals surface area contributed by atoms with Gasteiger partial charge in [0, 0.05) is 34.8 Å². The van der Waals surface area contributed by atoms with Crippen LogP contribution in [0.25, 0.3) is 0 Å².